The average Bonchev–Trinajstić information content (AvgIpc) is 1.91. The third kappa shape index (κ3) is 2.17. The van der Waals surface area contributed by atoms with E-state index < -0.39 is 0 Å². The maximum Gasteiger partial charge on any atom is 0.0418 e. The normalized spacial score (nSPS) is 18.9. The van der Waals surface area contributed by atoms with Crippen LogP contribution in [-0.4, -0.2) is 29.5 Å². The number of hydrogen-bond donors (Lipinski definition) is 0. The Morgan fingerprint density at radius 1 is 1.44 bits per heavy atom. The van der Waals surface area contributed by atoms with Crippen LogP contribution in [0.2, 0.25) is 0 Å². The van der Waals surface area contributed by atoms with Gasteiger partial charge in [0, 0.05) is 30.8 Å². The fraction of sp³-hybridized carbons (Fsp3) is 0.571. The highest BCUT2D eigenvalue weighted by atomic mass is 32.2. The van der Waals surface area contributed by atoms with Crippen LogP contribution in [0, 0.1) is 0 Å². The standard InChI is InChI=1S/C7H11NS/c1-2-3-8-4-6-9-7-5-8/h3H,1,4-7H2. The van der Waals surface area contributed by atoms with Gasteiger partial charge in [-0.3, -0.25) is 0 Å². The van der Waals surface area contributed by atoms with Crippen molar-refractivity contribution in [1.29, 1.82) is 0 Å². The summed E-state index contributed by atoms with van der Waals surface area (Å²) >= 11 is 2.01. The topological polar surface area (TPSA) is 3.24 Å². The Balaban J connectivity index is 2.31. The minimum Gasteiger partial charge on any atom is -0.370 e. The quantitative estimate of drug-likeness (QED) is 0.507. The van der Waals surface area contributed by atoms with Crippen molar-refractivity contribution in [3.8, 4) is 0 Å². The molecule has 1 rings (SSSR count). The van der Waals surface area contributed by atoms with E-state index in [-0.39, 0.29) is 0 Å². The average molecular weight is 141 g/mol. The van der Waals surface area contributed by atoms with Gasteiger partial charge in [-0.05, 0) is 0 Å². The van der Waals surface area contributed by atoms with Crippen LogP contribution < -0.4 is 0 Å². The van der Waals surface area contributed by atoms with Crippen LogP contribution in [0.25, 0.3) is 0 Å². The summed E-state index contributed by atoms with van der Waals surface area (Å²) < 4.78 is 0. The molecule has 0 atom stereocenters. The van der Waals surface area contributed by atoms with E-state index in [1.54, 1.807) is 0 Å². The molecule has 0 aromatic heterocycles. The van der Waals surface area contributed by atoms with Gasteiger partial charge in [-0.15, -0.1) is 5.73 Å². The lowest BCUT2D eigenvalue weighted by Crippen LogP contribution is -2.27. The number of nitrogens with zero attached hydrogens (tertiary/aromatic N) is 1. The third-order valence-electron chi connectivity index (χ3n) is 1.32. The van der Waals surface area contributed by atoms with E-state index in [0.29, 0.717) is 0 Å². The second kappa shape index (κ2) is 3.65. The Hall–Kier alpha value is -0.330. The second-order valence-electron chi connectivity index (χ2n) is 1.98. The molecule has 0 aromatic carbocycles. The van der Waals surface area contributed by atoms with Crippen molar-refractivity contribution >= 4 is 11.8 Å². The van der Waals surface area contributed by atoms with Gasteiger partial charge in [-0.2, -0.15) is 11.8 Å². The van der Waals surface area contributed by atoms with E-state index in [9.17, 15) is 0 Å². The van der Waals surface area contributed by atoms with Gasteiger partial charge in [-0.25, -0.2) is 0 Å². The van der Waals surface area contributed by atoms with Crippen molar-refractivity contribution in [1.82, 2.24) is 4.90 Å². The molecule has 1 heterocycles. The lowest BCUT2D eigenvalue weighted by atomic mass is 10.5. The Kier molecular flexibility index (Phi) is 2.75. The zero-order valence-corrected chi connectivity index (χ0v) is 6.28. The van der Waals surface area contributed by atoms with E-state index >= 15 is 0 Å². The summed E-state index contributed by atoms with van der Waals surface area (Å²) in [4.78, 5) is 2.25. The molecular formula is C7H11NS. The highest BCUT2D eigenvalue weighted by Crippen LogP contribution is 2.08. The van der Waals surface area contributed by atoms with Gasteiger partial charge < -0.3 is 4.90 Å². The van der Waals surface area contributed by atoms with Crippen LogP contribution in [0.4, 0.5) is 0 Å². The third-order valence-corrected chi connectivity index (χ3v) is 2.26. The maximum absolute atomic E-state index is 3.53. The first-order valence-corrected chi connectivity index (χ1v) is 4.26. The predicted octanol–water partition coefficient (Wildman–Crippen LogP) is 1.33. The molecule has 1 aliphatic heterocycles. The summed E-state index contributed by atoms with van der Waals surface area (Å²) in [5.74, 6) is 2.50. The Bertz CT molecular complexity index is 121. The fourth-order valence-electron chi connectivity index (χ4n) is 0.836. The molecule has 0 aliphatic carbocycles. The smallest absolute Gasteiger partial charge is 0.0418 e. The van der Waals surface area contributed by atoms with Gasteiger partial charge in [0.1, 0.15) is 0 Å². The molecule has 50 valence electrons. The first-order valence-electron chi connectivity index (χ1n) is 3.11. The molecule has 1 fully saturated rings. The molecule has 2 heteroatoms. The fourth-order valence-corrected chi connectivity index (χ4v) is 1.77. The van der Waals surface area contributed by atoms with Crippen LogP contribution in [0.1, 0.15) is 0 Å². The van der Waals surface area contributed by atoms with Gasteiger partial charge >= 0.3 is 0 Å². The molecule has 1 nitrogen and oxygen atoms in total. The highest BCUT2D eigenvalue weighted by Gasteiger charge is 2.03. The van der Waals surface area contributed by atoms with Crippen molar-refractivity contribution in [3.05, 3.63) is 18.5 Å². The van der Waals surface area contributed by atoms with Crippen LogP contribution in [0.3, 0.4) is 0 Å². The molecule has 0 amide bonds. The number of rotatable bonds is 1. The van der Waals surface area contributed by atoms with Gasteiger partial charge in [0.25, 0.3) is 0 Å². The maximum atomic E-state index is 3.53. The summed E-state index contributed by atoms with van der Waals surface area (Å²) in [5, 5.41) is 0. The van der Waals surface area contributed by atoms with E-state index in [4.69, 9.17) is 0 Å². The first-order chi connectivity index (χ1) is 4.43. The minimum atomic E-state index is 1.16. The Labute approximate surface area is 60.4 Å². The summed E-state index contributed by atoms with van der Waals surface area (Å²) in [6, 6.07) is 0. The van der Waals surface area contributed by atoms with E-state index in [1.807, 2.05) is 18.0 Å². The molecule has 0 N–H and O–H groups in total. The molecule has 9 heavy (non-hydrogen) atoms. The van der Waals surface area contributed by atoms with Crippen LogP contribution >= 0.6 is 11.8 Å². The van der Waals surface area contributed by atoms with E-state index in [1.165, 1.54) is 11.5 Å². The molecule has 0 radical (unpaired) electrons. The van der Waals surface area contributed by atoms with Gasteiger partial charge in [0.05, 0.1) is 0 Å². The zero-order chi connectivity index (χ0) is 6.53. The summed E-state index contributed by atoms with van der Waals surface area (Å²) in [5.41, 5.74) is 2.78. The lowest BCUT2D eigenvalue weighted by molar-refractivity contribution is 0.417. The highest BCUT2D eigenvalue weighted by molar-refractivity contribution is 7.99. The van der Waals surface area contributed by atoms with Crippen molar-refractivity contribution in [2.45, 2.75) is 0 Å². The first kappa shape index (κ1) is 6.79. The predicted molar refractivity (Wildman–Crippen MR) is 42.6 cm³/mol. The van der Waals surface area contributed by atoms with Gasteiger partial charge in [-0.1, -0.05) is 6.58 Å². The number of thioether (sulfide) groups is 1. The SMILES string of the molecule is C=C=CN1CCSCC1. The van der Waals surface area contributed by atoms with Crippen molar-refractivity contribution < 1.29 is 0 Å². The summed E-state index contributed by atoms with van der Waals surface area (Å²) in [6.45, 7) is 5.85. The second-order valence-corrected chi connectivity index (χ2v) is 3.21. The van der Waals surface area contributed by atoms with Crippen molar-refractivity contribution in [2.75, 3.05) is 24.6 Å². The molecule has 0 aromatic rings. The Morgan fingerprint density at radius 3 is 2.67 bits per heavy atom. The molecule has 0 spiro atoms. The monoisotopic (exact) mass is 141 g/mol. The summed E-state index contributed by atoms with van der Waals surface area (Å²) in [7, 11) is 0. The van der Waals surface area contributed by atoms with E-state index in [2.05, 4.69) is 17.2 Å². The van der Waals surface area contributed by atoms with Gasteiger partial charge in [0.2, 0.25) is 0 Å². The molecule has 0 saturated carbocycles. The zero-order valence-electron chi connectivity index (χ0n) is 5.47. The van der Waals surface area contributed by atoms with Crippen molar-refractivity contribution in [2.24, 2.45) is 0 Å². The Morgan fingerprint density at radius 2 is 2.11 bits per heavy atom. The number of hydrogen-bond acceptors (Lipinski definition) is 2. The molecule has 0 unspecified atom stereocenters. The molecule has 1 saturated heterocycles. The van der Waals surface area contributed by atoms with Crippen molar-refractivity contribution in [3.63, 3.8) is 0 Å². The lowest BCUT2D eigenvalue weighted by Gasteiger charge is -2.23. The van der Waals surface area contributed by atoms with E-state index in [0.717, 1.165) is 13.1 Å². The van der Waals surface area contributed by atoms with Gasteiger partial charge in [0.15, 0.2) is 0 Å². The molecular weight excluding hydrogens is 130 g/mol. The van der Waals surface area contributed by atoms with Crippen LogP contribution in [0.15, 0.2) is 18.5 Å². The largest absolute Gasteiger partial charge is 0.370 e. The van der Waals surface area contributed by atoms with Crippen LogP contribution in [-0.2, 0) is 0 Å². The summed E-state index contributed by atoms with van der Waals surface area (Å²) in [6.07, 6.45) is 1.94. The van der Waals surface area contributed by atoms with Crippen LogP contribution in [0.5, 0.6) is 0 Å². The minimum absolute atomic E-state index is 1.16. The molecule has 1 aliphatic rings. The molecule has 0 bridgehead atoms.